The second-order valence-corrected chi connectivity index (χ2v) is 9.01. The predicted molar refractivity (Wildman–Crippen MR) is 124 cm³/mol. The molecule has 1 aliphatic heterocycles. The fourth-order valence-electron chi connectivity index (χ4n) is 3.45. The van der Waals surface area contributed by atoms with Gasteiger partial charge in [-0.3, -0.25) is 4.57 Å². The van der Waals surface area contributed by atoms with Gasteiger partial charge in [-0.25, -0.2) is 0 Å². The van der Waals surface area contributed by atoms with Crippen LogP contribution in [0.2, 0.25) is 0 Å². The van der Waals surface area contributed by atoms with Gasteiger partial charge in [0.1, 0.15) is 24.4 Å². The molecule has 10 heteroatoms. The van der Waals surface area contributed by atoms with Gasteiger partial charge in [0, 0.05) is 9.85 Å². The van der Waals surface area contributed by atoms with Gasteiger partial charge in [0.05, 0.1) is 18.5 Å². The quantitative estimate of drug-likeness (QED) is 0.303. The van der Waals surface area contributed by atoms with E-state index in [0.29, 0.717) is 10.5 Å². The SMILES string of the molecule is OC[C@H]1O[C@@H](n2c(-c3ccccc3)cs/c2=N\N=C/c2ccc(Br)cc2)[C@H](O)[C@@H](O)[C@@H]1O. The molecule has 0 amide bonds. The summed E-state index contributed by atoms with van der Waals surface area (Å²) in [7, 11) is 0. The molecular weight excluding hydrogens is 498 g/mol. The topological polar surface area (TPSA) is 120 Å². The summed E-state index contributed by atoms with van der Waals surface area (Å²) in [6.07, 6.45) is -4.91. The molecule has 4 rings (SSSR count). The number of nitrogens with zero attached hydrogens (tertiary/aromatic N) is 3. The van der Waals surface area contributed by atoms with E-state index >= 15 is 0 Å². The number of aliphatic hydroxyl groups is 4. The average Bonchev–Trinajstić information content (AvgIpc) is 3.23. The van der Waals surface area contributed by atoms with E-state index in [1.54, 1.807) is 10.8 Å². The van der Waals surface area contributed by atoms with Crippen LogP contribution < -0.4 is 4.80 Å². The monoisotopic (exact) mass is 519 g/mol. The van der Waals surface area contributed by atoms with Crippen LogP contribution >= 0.6 is 27.3 Å². The number of benzene rings is 2. The third-order valence-electron chi connectivity index (χ3n) is 5.15. The summed E-state index contributed by atoms with van der Waals surface area (Å²) in [5, 5.41) is 51.1. The number of halogens is 1. The lowest BCUT2D eigenvalue weighted by Gasteiger charge is -2.40. The van der Waals surface area contributed by atoms with Crippen LogP contribution in [0.1, 0.15) is 11.8 Å². The zero-order valence-electron chi connectivity index (χ0n) is 16.8. The van der Waals surface area contributed by atoms with Crippen molar-refractivity contribution in [2.45, 2.75) is 30.6 Å². The van der Waals surface area contributed by atoms with E-state index in [2.05, 4.69) is 26.1 Å². The van der Waals surface area contributed by atoms with Crippen LogP contribution in [0.15, 0.2) is 74.7 Å². The van der Waals surface area contributed by atoms with Gasteiger partial charge >= 0.3 is 0 Å². The van der Waals surface area contributed by atoms with Crippen molar-refractivity contribution < 1.29 is 25.2 Å². The molecule has 5 atom stereocenters. The maximum atomic E-state index is 10.7. The number of hydrogen-bond acceptors (Lipinski definition) is 8. The van der Waals surface area contributed by atoms with Crippen LogP contribution in [0.3, 0.4) is 0 Å². The van der Waals surface area contributed by atoms with Crippen molar-refractivity contribution in [2.75, 3.05) is 6.61 Å². The molecule has 0 bridgehead atoms. The van der Waals surface area contributed by atoms with E-state index in [1.807, 2.05) is 60.0 Å². The summed E-state index contributed by atoms with van der Waals surface area (Å²) in [4.78, 5) is 0.418. The van der Waals surface area contributed by atoms with E-state index in [4.69, 9.17) is 4.74 Å². The Kier molecular flexibility index (Phi) is 7.31. The minimum absolute atomic E-state index is 0.418. The van der Waals surface area contributed by atoms with Crippen molar-refractivity contribution in [1.82, 2.24) is 4.57 Å². The van der Waals surface area contributed by atoms with Gasteiger partial charge in [-0.2, -0.15) is 5.10 Å². The van der Waals surface area contributed by atoms with Crippen molar-refractivity contribution in [3.63, 3.8) is 0 Å². The highest BCUT2D eigenvalue weighted by molar-refractivity contribution is 9.10. The molecule has 2 aromatic carbocycles. The average molecular weight is 520 g/mol. The van der Waals surface area contributed by atoms with E-state index in [0.717, 1.165) is 15.6 Å². The Bertz CT molecular complexity index is 1130. The van der Waals surface area contributed by atoms with Crippen molar-refractivity contribution >= 4 is 33.5 Å². The van der Waals surface area contributed by atoms with Crippen LogP contribution in [-0.4, -0.2) is 62.2 Å². The minimum Gasteiger partial charge on any atom is -0.394 e. The lowest BCUT2D eigenvalue weighted by Crippen LogP contribution is -2.57. The van der Waals surface area contributed by atoms with Crippen molar-refractivity contribution in [1.29, 1.82) is 0 Å². The molecule has 1 aliphatic rings. The lowest BCUT2D eigenvalue weighted by atomic mass is 9.98. The smallest absolute Gasteiger partial charge is 0.213 e. The lowest BCUT2D eigenvalue weighted by molar-refractivity contribution is -0.251. The third kappa shape index (κ3) is 4.76. The van der Waals surface area contributed by atoms with Crippen LogP contribution in [0.4, 0.5) is 0 Å². The zero-order valence-corrected chi connectivity index (χ0v) is 19.2. The highest BCUT2D eigenvalue weighted by Gasteiger charge is 2.45. The molecule has 0 saturated carbocycles. The van der Waals surface area contributed by atoms with Crippen LogP contribution in [0.25, 0.3) is 11.3 Å². The molecule has 168 valence electrons. The van der Waals surface area contributed by atoms with E-state index in [9.17, 15) is 20.4 Å². The number of hydrogen-bond donors (Lipinski definition) is 4. The maximum Gasteiger partial charge on any atom is 0.213 e. The van der Waals surface area contributed by atoms with Gasteiger partial charge in [-0.1, -0.05) is 58.4 Å². The fraction of sp³-hybridized carbons (Fsp3) is 0.273. The molecule has 1 fully saturated rings. The molecule has 0 unspecified atom stereocenters. The Morgan fingerprint density at radius 1 is 1.00 bits per heavy atom. The molecule has 0 aliphatic carbocycles. The first-order valence-corrected chi connectivity index (χ1v) is 11.6. The Morgan fingerprint density at radius 3 is 2.41 bits per heavy atom. The standard InChI is InChI=1S/C22H22BrN3O5S/c23-15-8-6-13(7-9-15)10-24-25-22-26(16(12-32-22)14-4-2-1-3-5-14)21-20(30)19(29)18(28)17(11-27)31-21/h1-10,12,17-21,27-30H,11H2/b24-10-,25-22-/t17-,18-,19+,20-,21-/m1/s1. The number of rotatable bonds is 5. The first-order chi connectivity index (χ1) is 15.5. The number of aliphatic hydroxyl groups excluding tert-OH is 4. The van der Waals surface area contributed by atoms with Crippen molar-refractivity contribution in [2.24, 2.45) is 10.2 Å². The second-order valence-electron chi connectivity index (χ2n) is 7.26. The summed E-state index contributed by atoms with van der Waals surface area (Å²) < 4.78 is 8.38. The van der Waals surface area contributed by atoms with Gasteiger partial charge in [0.15, 0.2) is 6.23 Å². The first kappa shape index (κ1) is 23.0. The van der Waals surface area contributed by atoms with Gasteiger partial charge in [-0.15, -0.1) is 16.4 Å². The molecule has 0 spiro atoms. The number of ether oxygens (including phenoxy) is 1. The highest BCUT2D eigenvalue weighted by atomic mass is 79.9. The van der Waals surface area contributed by atoms with E-state index < -0.39 is 37.3 Å². The molecule has 0 radical (unpaired) electrons. The third-order valence-corrected chi connectivity index (χ3v) is 6.51. The minimum atomic E-state index is -1.50. The molecule has 3 aromatic rings. The summed E-state index contributed by atoms with van der Waals surface area (Å²) in [6, 6.07) is 17.0. The summed E-state index contributed by atoms with van der Waals surface area (Å²) in [5.41, 5.74) is 2.40. The molecule has 1 aromatic heterocycles. The van der Waals surface area contributed by atoms with Crippen molar-refractivity contribution in [3.8, 4) is 11.3 Å². The largest absolute Gasteiger partial charge is 0.394 e. The molecule has 1 saturated heterocycles. The van der Waals surface area contributed by atoms with Gasteiger partial charge in [-0.05, 0) is 23.3 Å². The zero-order chi connectivity index (χ0) is 22.7. The van der Waals surface area contributed by atoms with Crippen molar-refractivity contribution in [3.05, 3.63) is 74.8 Å². The summed E-state index contributed by atoms with van der Waals surface area (Å²) in [6.45, 7) is -0.513. The summed E-state index contributed by atoms with van der Waals surface area (Å²) in [5.74, 6) is 0. The first-order valence-electron chi connectivity index (χ1n) is 9.88. The Morgan fingerprint density at radius 2 is 1.72 bits per heavy atom. The predicted octanol–water partition coefficient (Wildman–Crippen LogP) is 1.89. The van der Waals surface area contributed by atoms with Gasteiger partial charge < -0.3 is 25.2 Å². The molecule has 4 N–H and O–H groups in total. The highest BCUT2D eigenvalue weighted by Crippen LogP contribution is 2.32. The van der Waals surface area contributed by atoms with Gasteiger partial charge in [0.25, 0.3) is 0 Å². The normalized spacial score (nSPS) is 26.7. The molecular formula is C22H22BrN3O5S. The Balaban J connectivity index is 1.78. The molecule has 8 nitrogen and oxygen atoms in total. The second kappa shape index (κ2) is 10.2. The number of aromatic nitrogens is 1. The maximum absolute atomic E-state index is 10.7. The molecule has 2 heterocycles. The number of thiazole rings is 1. The van der Waals surface area contributed by atoms with Crippen LogP contribution in [-0.2, 0) is 4.74 Å². The fourth-order valence-corrected chi connectivity index (χ4v) is 4.59. The summed E-state index contributed by atoms with van der Waals surface area (Å²) >= 11 is 4.68. The Hall–Kier alpha value is -2.18. The van der Waals surface area contributed by atoms with Gasteiger partial charge in [0.2, 0.25) is 4.80 Å². The Labute approximate surface area is 196 Å². The van der Waals surface area contributed by atoms with E-state index in [-0.39, 0.29) is 0 Å². The van der Waals surface area contributed by atoms with Crippen LogP contribution in [0.5, 0.6) is 0 Å². The van der Waals surface area contributed by atoms with Crippen LogP contribution in [0, 0.1) is 0 Å². The molecule has 32 heavy (non-hydrogen) atoms. The van der Waals surface area contributed by atoms with E-state index in [1.165, 1.54) is 11.3 Å².